The first-order valence-corrected chi connectivity index (χ1v) is 7.34. The molecule has 3 aromatic rings. The maximum atomic E-state index is 14.1. The molecule has 0 aromatic heterocycles. The number of halogens is 3. The fourth-order valence-electron chi connectivity index (χ4n) is 2.46. The Kier molecular flexibility index (Phi) is 4.21. The smallest absolute Gasteiger partial charge is 0.131 e. The molecule has 3 aromatic carbocycles. The summed E-state index contributed by atoms with van der Waals surface area (Å²) in [5.41, 5.74) is 2.38. The lowest BCUT2D eigenvalue weighted by Crippen LogP contribution is -1.98. The second-order valence-corrected chi connectivity index (χ2v) is 5.42. The summed E-state index contributed by atoms with van der Waals surface area (Å²) in [4.78, 5) is 0. The van der Waals surface area contributed by atoms with Gasteiger partial charge in [-0.1, -0.05) is 54.6 Å². The van der Waals surface area contributed by atoms with E-state index in [2.05, 4.69) is 0 Å². The average molecular weight is 315 g/mol. The lowest BCUT2D eigenvalue weighted by Gasteiger charge is -2.16. The molecule has 22 heavy (non-hydrogen) atoms. The molecule has 0 saturated carbocycles. The zero-order chi connectivity index (χ0) is 15.5. The van der Waals surface area contributed by atoms with Crippen molar-refractivity contribution in [2.45, 2.75) is 5.38 Å². The number of alkyl halides is 1. The Balaban J connectivity index is 2.15. The van der Waals surface area contributed by atoms with Crippen LogP contribution in [-0.2, 0) is 0 Å². The summed E-state index contributed by atoms with van der Waals surface area (Å²) in [5.74, 6) is -0.815. The van der Waals surface area contributed by atoms with Crippen LogP contribution in [0.1, 0.15) is 16.5 Å². The van der Waals surface area contributed by atoms with Crippen molar-refractivity contribution in [3.63, 3.8) is 0 Å². The van der Waals surface area contributed by atoms with Gasteiger partial charge in [0.15, 0.2) is 0 Å². The van der Waals surface area contributed by atoms with E-state index in [1.807, 2.05) is 30.3 Å². The maximum absolute atomic E-state index is 14.1. The lowest BCUT2D eigenvalue weighted by atomic mass is 9.94. The van der Waals surface area contributed by atoms with E-state index in [1.54, 1.807) is 24.3 Å². The van der Waals surface area contributed by atoms with Gasteiger partial charge in [-0.05, 0) is 34.9 Å². The van der Waals surface area contributed by atoms with Gasteiger partial charge in [-0.25, -0.2) is 8.78 Å². The summed E-state index contributed by atoms with van der Waals surface area (Å²) in [7, 11) is 0. The number of hydrogen-bond acceptors (Lipinski definition) is 0. The third-order valence-corrected chi connectivity index (χ3v) is 4.03. The van der Waals surface area contributed by atoms with Crippen molar-refractivity contribution in [3.8, 4) is 11.1 Å². The first-order chi connectivity index (χ1) is 10.7. The van der Waals surface area contributed by atoms with Crippen LogP contribution in [0, 0.1) is 11.6 Å². The molecule has 0 heterocycles. The second-order valence-electron chi connectivity index (χ2n) is 4.98. The van der Waals surface area contributed by atoms with E-state index >= 15 is 0 Å². The fraction of sp³-hybridized carbons (Fsp3) is 0.0526. The summed E-state index contributed by atoms with van der Waals surface area (Å²) < 4.78 is 27.8. The second kappa shape index (κ2) is 6.29. The minimum Gasteiger partial charge on any atom is -0.207 e. The van der Waals surface area contributed by atoms with Crippen LogP contribution in [0.15, 0.2) is 72.8 Å². The normalized spacial score (nSPS) is 12.1. The molecule has 0 aliphatic rings. The maximum Gasteiger partial charge on any atom is 0.131 e. The molecule has 1 unspecified atom stereocenters. The summed E-state index contributed by atoms with van der Waals surface area (Å²) in [6.45, 7) is 0. The minimum atomic E-state index is -0.476. The molecule has 0 spiro atoms. The Hall–Kier alpha value is -2.19. The van der Waals surface area contributed by atoms with Gasteiger partial charge < -0.3 is 0 Å². The molecule has 3 heteroatoms. The zero-order valence-corrected chi connectivity index (χ0v) is 12.4. The zero-order valence-electron chi connectivity index (χ0n) is 11.6. The molecule has 0 radical (unpaired) electrons. The first-order valence-electron chi connectivity index (χ1n) is 6.90. The molecule has 0 fully saturated rings. The highest BCUT2D eigenvalue weighted by atomic mass is 35.5. The van der Waals surface area contributed by atoms with E-state index in [-0.39, 0.29) is 0 Å². The summed E-state index contributed by atoms with van der Waals surface area (Å²) in [6.07, 6.45) is 0. The van der Waals surface area contributed by atoms with E-state index in [0.717, 1.165) is 5.56 Å². The largest absolute Gasteiger partial charge is 0.207 e. The monoisotopic (exact) mass is 314 g/mol. The first kappa shape index (κ1) is 14.7. The third kappa shape index (κ3) is 2.88. The van der Waals surface area contributed by atoms with Gasteiger partial charge in [0.05, 0.1) is 5.38 Å². The Bertz CT molecular complexity index is 784. The van der Waals surface area contributed by atoms with E-state index < -0.39 is 17.0 Å². The summed E-state index contributed by atoms with van der Waals surface area (Å²) >= 11 is 6.55. The molecule has 3 rings (SSSR count). The topological polar surface area (TPSA) is 0 Å². The Labute approximate surface area is 133 Å². The molecule has 0 bridgehead atoms. The van der Waals surface area contributed by atoms with E-state index in [4.69, 9.17) is 11.6 Å². The van der Waals surface area contributed by atoms with Gasteiger partial charge in [-0.15, -0.1) is 11.6 Å². The van der Waals surface area contributed by atoms with Crippen LogP contribution in [0.5, 0.6) is 0 Å². The van der Waals surface area contributed by atoms with E-state index in [9.17, 15) is 8.78 Å². The molecule has 0 N–H and O–H groups in total. The lowest BCUT2D eigenvalue weighted by molar-refractivity contribution is 0.624. The number of rotatable bonds is 3. The molecular formula is C19H13ClF2. The highest BCUT2D eigenvalue weighted by Gasteiger charge is 2.18. The Morgan fingerprint density at radius 3 is 2.14 bits per heavy atom. The van der Waals surface area contributed by atoms with Gasteiger partial charge in [-0.2, -0.15) is 0 Å². The SMILES string of the molecule is Fc1ccc(C(Cl)c2ccccc2)c(-c2ccccc2F)c1. The summed E-state index contributed by atoms with van der Waals surface area (Å²) in [6, 6.07) is 20.1. The van der Waals surface area contributed by atoms with Crippen LogP contribution in [0.2, 0.25) is 0 Å². The van der Waals surface area contributed by atoms with Crippen LogP contribution in [-0.4, -0.2) is 0 Å². The summed E-state index contributed by atoms with van der Waals surface area (Å²) in [5, 5.41) is -0.476. The predicted octanol–water partition coefficient (Wildman–Crippen LogP) is 5.96. The van der Waals surface area contributed by atoms with Gasteiger partial charge in [0.1, 0.15) is 11.6 Å². The van der Waals surface area contributed by atoms with Crippen molar-refractivity contribution in [2.24, 2.45) is 0 Å². The van der Waals surface area contributed by atoms with Gasteiger partial charge in [-0.3, -0.25) is 0 Å². The minimum absolute atomic E-state index is 0.346. The van der Waals surface area contributed by atoms with Crippen molar-refractivity contribution in [1.29, 1.82) is 0 Å². The van der Waals surface area contributed by atoms with Gasteiger partial charge >= 0.3 is 0 Å². The van der Waals surface area contributed by atoms with Gasteiger partial charge in [0.2, 0.25) is 0 Å². The van der Waals surface area contributed by atoms with Crippen LogP contribution in [0.25, 0.3) is 11.1 Å². The Morgan fingerprint density at radius 1 is 0.727 bits per heavy atom. The average Bonchev–Trinajstić information content (AvgIpc) is 2.55. The van der Waals surface area contributed by atoms with Gasteiger partial charge in [0, 0.05) is 5.56 Å². The fourth-order valence-corrected chi connectivity index (χ4v) is 2.80. The molecule has 1 atom stereocenters. The van der Waals surface area contributed by atoms with Crippen LogP contribution < -0.4 is 0 Å². The Morgan fingerprint density at radius 2 is 1.41 bits per heavy atom. The molecule has 110 valence electrons. The highest BCUT2D eigenvalue weighted by Crippen LogP contribution is 2.37. The molecular weight excluding hydrogens is 302 g/mol. The van der Waals surface area contributed by atoms with Crippen molar-refractivity contribution in [3.05, 3.63) is 95.6 Å². The van der Waals surface area contributed by atoms with Crippen molar-refractivity contribution >= 4 is 11.6 Å². The van der Waals surface area contributed by atoms with Crippen LogP contribution in [0.3, 0.4) is 0 Å². The van der Waals surface area contributed by atoms with Crippen molar-refractivity contribution < 1.29 is 8.78 Å². The van der Waals surface area contributed by atoms with Crippen LogP contribution in [0.4, 0.5) is 8.78 Å². The number of hydrogen-bond donors (Lipinski definition) is 0. The molecule has 0 nitrogen and oxygen atoms in total. The molecule has 0 aliphatic carbocycles. The quantitative estimate of drug-likeness (QED) is 0.523. The third-order valence-electron chi connectivity index (χ3n) is 3.54. The number of benzene rings is 3. The highest BCUT2D eigenvalue weighted by molar-refractivity contribution is 6.23. The predicted molar refractivity (Wildman–Crippen MR) is 85.9 cm³/mol. The standard InChI is InChI=1S/C19H13ClF2/c20-19(13-6-2-1-3-7-13)16-11-10-14(21)12-17(16)15-8-4-5-9-18(15)22/h1-12,19H. The van der Waals surface area contributed by atoms with Crippen LogP contribution >= 0.6 is 11.6 Å². The van der Waals surface area contributed by atoms with E-state index in [1.165, 1.54) is 18.2 Å². The van der Waals surface area contributed by atoms with Crippen molar-refractivity contribution in [2.75, 3.05) is 0 Å². The van der Waals surface area contributed by atoms with Gasteiger partial charge in [0.25, 0.3) is 0 Å². The van der Waals surface area contributed by atoms with Crippen molar-refractivity contribution in [1.82, 2.24) is 0 Å². The van der Waals surface area contributed by atoms with E-state index in [0.29, 0.717) is 16.7 Å². The molecule has 0 aliphatic heterocycles. The molecule has 0 amide bonds. The molecule has 0 saturated heterocycles.